The summed E-state index contributed by atoms with van der Waals surface area (Å²) in [4.78, 5) is 14.9. The number of hydrogen-bond donors (Lipinski definition) is 1. The minimum atomic E-state index is -3.28. The predicted octanol–water partition coefficient (Wildman–Crippen LogP) is 2.25. The number of nitrogens with zero attached hydrogens (tertiary/aromatic N) is 2. The number of hydrogen-bond acceptors (Lipinski definition) is 4. The molecule has 6 nitrogen and oxygen atoms in total. The van der Waals surface area contributed by atoms with Crippen molar-refractivity contribution in [3.05, 3.63) is 29.3 Å². The van der Waals surface area contributed by atoms with Crippen LogP contribution in [0.2, 0.25) is 0 Å². The first kappa shape index (κ1) is 20.1. The summed E-state index contributed by atoms with van der Waals surface area (Å²) >= 11 is 0. The number of carbonyl (C=O) groups is 1. The molecule has 2 heterocycles. The number of benzene rings is 1. The number of anilines is 1. The molecule has 7 heteroatoms. The molecule has 1 aromatic rings. The SMILES string of the molecule is CC1CCCN(CCCNC(=O)c2ccc3c(c2)CCCN3S(C)(=O)=O)C1. The number of rotatable bonds is 6. The minimum Gasteiger partial charge on any atom is -0.352 e. The third-order valence-corrected chi connectivity index (χ3v) is 6.68. The molecule has 1 amide bonds. The van der Waals surface area contributed by atoms with Crippen molar-refractivity contribution in [3.8, 4) is 0 Å². The number of nitrogens with one attached hydrogen (secondary N) is 1. The fourth-order valence-corrected chi connectivity index (χ4v) is 5.14. The molecule has 27 heavy (non-hydrogen) atoms. The Bertz CT molecular complexity index is 779. The van der Waals surface area contributed by atoms with Gasteiger partial charge in [-0.1, -0.05) is 6.92 Å². The maximum atomic E-state index is 12.5. The van der Waals surface area contributed by atoms with Crippen LogP contribution < -0.4 is 9.62 Å². The molecule has 2 aliphatic heterocycles. The first-order valence-corrected chi connectivity index (χ1v) is 11.8. The predicted molar refractivity (Wildman–Crippen MR) is 109 cm³/mol. The topological polar surface area (TPSA) is 69.7 Å². The van der Waals surface area contributed by atoms with E-state index < -0.39 is 10.0 Å². The van der Waals surface area contributed by atoms with Gasteiger partial charge in [0.1, 0.15) is 0 Å². The van der Waals surface area contributed by atoms with Gasteiger partial charge in [0.2, 0.25) is 10.0 Å². The quantitative estimate of drug-likeness (QED) is 0.753. The maximum absolute atomic E-state index is 12.5. The highest BCUT2D eigenvalue weighted by Gasteiger charge is 2.24. The Morgan fingerprint density at radius 2 is 2.07 bits per heavy atom. The van der Waals surface area contributed by atoms with Crippen LogP contribution in [0.1, 0.15) is 48.5 Å². The minimum absolute atomic E-state index is 0.0821. The van der Waals surface area contributed by atoms with Crippen molar-refractivity contribution in [2.45, 2.75) is 39.0 Å². The van der Waals surface area contributed by atoms with Gasteiger partial charge in [0.05, 0.1) is 11.9 Å². The standard InChI is InChI=1S/C20H31N3O3S/c1-16-6-3-11-22(15-16)12-5-10-21-20(24)18-8-9-19-17(14-18)7-4-13-23(19)27(2,25)26/h8-9,14,16H,3-7,10-13,15H2,1-2H3,(H,21,24). The van der Waals surface area contributed by atoms with Crippen LogP contribution in [-0.4, -0.2) is 58.2 Å². The van der Waals surface area contributed by atoms with E-state index >= 15 is 0 Å². The first-order valence-electron chi connectivity index (χ1n) is 9.96. The van der Waals surface area contributed by atoms with Crippen LogP contribution in [0.15, 0.2) is 18.2 Å². The first-order chi connectivity index (χ1) is 12.8. The Hall–Kier alpha value is -1.60. The van der Waals surface area contributed by atoms with Gasteiger partial charge in [0.15, 0.2) is 0 Å². The Morgan fingerprint density at radius 1 is 1.26 bits per heavy atom. The van der Waals surface area contributed by atoms with Crippen molar-refractivity contribution in [2.24, 2.45) is 5.92 Å². The van der Waals surface area contributed by atoms with Crippen molar-refractivity contribution in [1.82, 2.24) is 10.2 Å². The van der Waals surface area contributed by atoms with Crippen molar-refractivity contribution in [2.75, 3.05) is 43.3 Å². The summed E-state index contributed by atoms with van der Waals surface area (Å²) in [7, 11) is -3.28. The summed E-state index contributed by atoms with van der Waals surface area (Å²) in [6.45, 7) is 6.82. The molecule has 1 fully saturated rings. The van der Waals surface area contributed by atoms with Crippen molar-refractivity contribution >= 4 is 21.6 Å². The van der Waals surface area contributed by atoms with Crippen LogP contribution >= 0.6 is 0 Å². The lowest BCUT2D eigenvalue weighted by molar-refractivity contribution is 0.0950. The van der Waals surface area contributed by atoms with E-state index in [2.05, 4.69) is 17.1 Å². The van der Waals surface area contributed by atoms with E-state index in [4.69, 9.17) is 0 Å². The highest BCUT2D eigenvalue weighted by atomic mass is 32.2. The van der Waals surface area contributed by atoms with Crippen molar-refractivity contribution < 1.29 is 13.2 Å². The van der Waals surface area contributed by atoms with E-state index in [1.54, 1.807) is 12.1 Å². The fraction of sp³-hybridized carbons (Fsp3) is 0.650. The smallest absolute Gasteiger partial charge is 0.251 e. The molecule has 0 aliphatic carbocycles. The molecule has 3 rings (SSSR count). The van der Waals surface area contributed by atoms with Gasteiger partial charge >= 0.3 is 0 Å². The van der Waals surface area contributed by atoms with Gasteiger partial charge in [0.25, 0.3) is 5.91 Å². The molecule has 0 radical (unpaired) electrons. The van der Waals surface area contributed by atoms with E-state index in [0.717, 1.165) is 43.8 Å². The molecule has 1 unspecified atom stereocenters. The second-order valence-corrected chi connectivity index (χ2v) is 9.85. The third kappa shape index (κ3) is 5.23. The molecule has 150 valence electrons. The molecule has 1 N–H and O–H groups in total. The number of sulfonamides is 1. The molecular weight excluding hydrogens is 362 g/mol. The Kier molecular flexibility index (Phi) is 6.42. The van der Waals surface area contributed by atoms with Crippen LogP contribution in [-0.2, 0) is 16.4 Å². The maximum Gasteiger partial charge on any atom is 0.251 e. The Labute approximate surface area is 163 Å². The van der Waals surface area contributed by atoms with Crippen LogP contribution in [0.3, 0.4) is 0 Å². The monoisotopic (exact) mass is 393 g/mol. The second-order valence-electron chi connectivity index (χ2n) is 7.94. The van der Waals surface area contributed by atoms with Gasteiger partial charge in [-0.3, -0.25) is 9.10 Å². The van der Waals surface area contributed by atoms with E-state index in [9.17, 15) is 13.2 Å². The van der Waals surface area contributed by atoms with E-state index in [-0.39, 0.29) is 5.91 Å². The zero-order chi connectivity index (χ0) is 19.4. The number of carbonyl (C=O) groups excluding carboxylic acids is 1. The van der Waals surface area contributed by atoms with Gasteiger partial charge in [-0.2, -0.15) is 0 Å². The third-order valence-electron chi connectivity index (χ3n) is 5.50. The van der Waals surface area contributed by atoms with E-state index in [0.29, 0.717) is 24.3 Å². The molecule has 0 aromatic heterocycles. The average molecular weight is 394 g/mol. The highest BCUT2D eigenvalue weighted by Crippen LogP contribution is 2.29. The molecule has 0 bridgehead atoms. The number of aryl methyl sites for hydroxylation is 1. The average Bonchev–Trinajstić information content (AvgIpc) is 2.63. The summed E-state index contributed by atoms with van der Waals surface area (Å²) < 4.78 is 25.3. The summed E-state index contributed by atoms with van der Waals surface area (Å²) in [6, 6.07) is 5.33. The molecule has 0 spiro atoms. The zero-order valence-electron chi connectivity index (χ0n) is 16.4. The summed E-state index contributed by atoms with van der Waals surface area (Å²) in [5.74, 6) is 0.691. The van der Waals surface area contributed by atoms with Gasteiger partial charge in [-0.05, 0) is 74.9 Å². The van der Waals surface area contributed by atoms with Gasteiger partial charge in [0, 0.05) is 25.2 Å². The lowest BCUT2D eigenvalue weighted by Gasteiger charge is -2.30. The molecule has 2 aliphatic rings. The largest absolute Gasteiger partial charge is 0.352 e. The van der Waals surface area contributed by atoms with Gasteiger partial charge in [-0.15, -0.1) is 0 Å². The van der Waals surface area contributed by atoms with Crippen LogP contribution in [0.5, 0.6) is 0 Å². The molecule has 1 saturated heterocycles. The molecule has 1 aromatic carbocycles. The number of piperidine rings is 1. The molecular formula is C20H31N3O3S. The van der Waals surface area contributed by atoms with E-state index in [1.807, 2.05) is 6.07 Å². The zero-order valence-corrected chi connectivity index (χ0v) is 17.2. The summed E-state index contributed by atoms with van der Waals surface area (Å²) in [6.07, 6.45) is 6.35. The van der Waals surface area contributed by atoms with Crippen LogP contribution in [0.4, 0.5) is 5.69 Å². The summed E-state index contributed by atoms with van der Waals surface area (Å²) in [5, 5.41) is 3.00. The van der Waals surface area contributed by atoms with Crippen molar-refractivity contribution in [3.63, 3.8) is 0 Å². The lowest BCUT2D eigenvalue weighted by atomic mass is 10.00. The number of likely N-dealkylation sites (tertiary alicyclic amines) is 1. The molecule has 0 saturated carbocycles. The Morgan fingerprint density at radius 3 is 2.81 bits per heavy atom. The summed E-state index contributed by atoms with van der Waals surface area (Å²) in [5.41, 5.74) is 2.25. The normalized spacial score (nSPS) is 21.0. The number of fused-ring (bicyclic) bond motifs is 1. The molecule has 1 atom stereocenters. The Balaban J connectivity index is 1.53. The van der Waals surface area contributed by atoms with Crippen LogP contribution in [0, 0.1) is 5.92 Å². The van der Waals surface area contributed by atoms with Crippen molar-refractivity contribution in [1.29, 1.82) is 0 Å². The lowest BCUT2D eigenvalue weighted by Crippen LogP contribution is -2.36. The van der Waals surface area contributed by atoms with E-state index in [1.165, 1.54) is 29.9 Å². The van der Waals surface area contributed by atoms with Crippen LogP contribution in [0.25, 0.3) is 0 Å². The van der Waals surface area contributed by atoms with Gasteiger partial charge < -0.3 is 10.2 Å². The second kappa shape index (κ2) is 8.61. The number of amides is 1. The highest BCUT2D eigenvalue weighted by molar-refractivity contribution is 7.92. The fourth-order valence-electron chi connectivity index (χ4n) is 4.14. The van der Waals surface area contributed by atoms with Gasteiger partial charge in [-0.25, -0.2) is 8.42 Å².